The molecule has 36 heavy (non-hydrogen) atoms. The molecular formula is C29H18N4O2S. The lowest BCUT2D eigenvalue weighted by Gasteiger charge is -2.04. The summed E-state index contributed by atoms with van der Waals surface area (Å²) in [5.41, 5.74) is 3.33. The first-order valence-corrected chi connectivity index (χ1v) is 12.4. The highest BCUT2D eigenvalue weighted by Crippen LogP contribution is 2.34. The second kappa shape index (κ2) is 7.69. The van der Waals surface area contributed by atoms with Gasteiger partial charge in [-0.1, -0.05) is 54.6 Å². The molecule has 3 aromatic heterocycles. The van der Waals surface area contributed by atoms with E-state index >= 15 is 0 Å². The average molecular weight is 487 g/mol. The number of rotatable bonds is 3. The number of hydrogen-bond acceptors (Lipinski definition) is 5. The molecule has 0 spiro atoms. The maximum absolute atomic E-state index is 13.4. The van der Waals surface area contributed by atoms with E-state index in [9.17, 15) is 9.59 Å². The molecule has 7 rings (SSSR count). The Morgan fingerprint density at radius 2 is 1.44 bits per heavy atom. The predicted octanol–water partition coefficient (Wildman–Crippen LogP) is 6.10. The van der Waals surface area contributed by atoms with Crippen LogP contribution in [0.3, 0.4) is 0 Å². The summed E-state index contributed by atoms with van der Waals surface area (Å²) >= 11 is 1.54. The lowest BCUT2D eigenvalue weighted by Crippen LogP contribution is -2.03. The number of hydrogen-bond donors (Lipinski definition) is 0. The smallest absolute Gasteiger partial charge is 0.197 e. The van der Waals surface area contributed by atoms with Crippen LogP contribution in [0.25, 0.3) is 44.5 Å². The normalized spacial score (nSPS) is 13.2. The first-order chi connectivity index (χ1) is 17.6. The summed E-state index contributed by atoms with van der Waals surface area (Å²) in [6.07, 6.45) is 1.61. The van der Waals surface area contributed by atoms with Gasteiger partial charge in [0.2, 0.25) is 0 Å². The molecule has 172 valence electrons. The number of nitrogens with zero attached hydrogens (tertiary/aromatic N) is 4. The fourth-order valence-electron chi connectivity index (χ4n) is 4.84. The molecule has 3 aromatic carbocycles. The summed E-state index contributed by atoms with van der Waals surface area (Å²) in [6.45, 7) is 0. The van der Waals surface area contributed by atoms with E-state index in [2.05, 4.69) is 0 Å². The summed E-state index contributed by atoms with van der Waals surface area (Å²) in [5, 5.41) is 4.75. The van der Waals surface area contributed by atoms with Crippen LogP contribution in [0.4, 0.5) is 0 Å². The van der Waals surface area contributed by atoms with Gasteiger partial charge in [0.25, 0.3) is 0 Å². The third-order valence-corrected chi connectivity index (χ3v) is 7.46. The topological polar surface area (TPSA) is 69.8 Å². The fourth-order valence-corrected chi connectivity index (χ4v) is 5.58. The van der Waals surface area contributed by atoms with E-state index in [-0.39, 0.29) is 17.1 Å². The van der Waals surface area contributed by atoms with Gasteiger partial charge < -0.3 is 4.57 Å². The Morgan fingerprint density at radius 3 is 2.08 bits per heavy atom. The van der Waals surface area contributed by atoms with Crippen molar-refractivity contribution in [2.75, 3.05) is 0 Å². The average Bonchev–Trinajstić information content (AvgIpc) is 3.66. The molecule has 0 atom stereocenters. The largest absolute Gasteiger partial charge is 0.310 e. The van der Waals surface area contributed by atoms with Crippen molar-refractivity contribution in [3.63, 3.8) is 0 Å². The van der Waals surface area contributed by atoms with Crippen LogP contribution in [0.5, 0.6) is 0 Å². The summed E-state index contributed by atoms with van der Waals surface area (Å²) in [5.74, 6) is 0.746. The monoisotopic (exact) mass is 486 g/mol. The standard InChI is InChI=1S/C29H18N4O2S/c1-32-27(17-8-3-2-4-9-17)31-29-28(32)30-23(33(29)24-12-7-13-36-24)16-22-25(34)20-14-18-10-5-6-11-19(18)15-21(20)26(22)35/h2-16H,1H3. The zero-order valence-corrected chi connectivity index (χ0v) is 20.0. The van der Waals surface area contributed by atoms with Crippen molar-refractivity contribution in [3.05, 3.63) is 107 Å². The number of aryl methyl sites for hydroxylation is 1. The van der Waals surface area contributed by atoms with Gasteiger partial charge in [-0.2, -0.15) is 0 Å². The molecule has 0 aliphatic heterocycles. The third-order valence-electron chi connectivity index (χ3n) is 6.60. The Bertz CT molecular complexity index is 1820. The van der Waals surface area contributed by atoms with Gasteiger partial charge in [0, 0.05) is 23.7 Å². The van der Waals surface area contributed by atoms with Crippen LogP contribution in [0.1, 0.15) is 26.5 Å². The van der Waals surface area contributed by atoms with Crippen molar-refractivity contribution in [3.8, 4) is 16.4 Å². The maximum Gasteiger partial charge on any atom is 0.197 e. The van der Waals surface area contributed by atoms with Crippen LogP contribution in [-0.2, 0) is 7.05 Å². The Balaban J connectivity index is 1.42. The third kappa shape index (κ3) is 2.96. The molecule has 7 heteroatoms. The number of aromatic nitrogens is 4. The zero-order valence-electron chi connectivity index (χ0n) is 19.2. The van der Waals surface area contributed by atoms with Gasteiger partial charge in [-0.15, -0.1) is 11.3 Å². The number of carbonyl (C=O) groups excluding carboxylic acids is 2. The summed E-state index contributed by atoms with van der Waals surface area (Å²) < 4.78 is 3.86. The van der Waals surface area contributed by atoms with Gasteiger partial charge in [0.1, 0.15) is 16.6 Å². The molecule has 6 nitrogen and oxygen atoms in total. The Kier molecular flexibility index (Phi) is 4.43. The summed E-state index contributed by atoms with van der Waals surface area (Å²) in [7, 11) is 1.92. The van der Waals surface area contributed by atoms with Crippen molar-refractivity contribution in [2.45, 2.75) is 0 Å². The number of carbonyl (C=O) groups is 2. The molecule has 0 saturated heterocycles. The van der Waals surface area contributed by atoms with Crippen LogP contribution in [-0.4, -0.2) is 30.7 Å². The molecule has 0 bridgehead atoms. The maximum atomic E-state index is 13.4. The van der Waals surface area contributed by atoms with Crippen LogP contribution in [0.15, 0.2) is 89.8 Å². The van der Waals surface area contributed by atoms with Gasteiger partial charge in [0.05, 0.1) is 5.57 Å². The van der Waals surface area contributed by atoms with Crippen LogP contribution >= 0.6 is 11.3 Å². The van der Waals surface area contributed by atoms with Gasteiger partial charge >= 0.3 is 0 Å². The van der Waals surface area contributed by atoms with E-state index in [1.54, 1.807) is 17.4 Å². The minimum absolute atomic E-state index is 0.122. The molecule has 0 N–H and O–H groups in total. The van der Waals surface area contributed by atoms with E-state index < -0.39 is 0 Å². The highest BCUT2D eigenvalue weighted by molar-refractivity contribution is 7.12. The number of allylic oxidation sites excluding steroid dienone is 1. The minimum Gasteiger partial charge on any atom is -0.310 e. The van der Waals surface area contributed by atoms with E-state index in [0.29, 0.717) is 28.2 Å². The van der Waals surface area contributed by atoms with Crippen molar-refractivity contribution in [1.29, 1.82) is 0 Å². The van der Waals surface area contributed by atoms with Gasteiger partial charge in [-0.05, 0) is 46.5 Å². The number of thiophene rings is 1. The van der Waals surface area contributed by atoms with Crippen molar-refractivity contribution in [1.82, 2.24) is 19.1 Å². The number of ketones is 2. The highest BCUT2D eigenvalue weighted by Gasteiger charge is 2.34. The van der Waals surface area contributed by atoms with Crippen molar-refractivity contribution < 1.29 is 9.59 Å². The van der Waals surface area contributed by atoms with E-state index in [4.69, 9.17) is 9.97 Å². The Hall–Kier alpha value is -4.62. The quantitative estimate of drug-likeness (QED) is 0.224. The molecule has 0 saturated carbocycles. The van der Waals surface area contributed by atoms with E-state index in [1.165, 1.54) is 0 Å². The summed E-state index contributed by atoms with van der Waals surface area (Å²) in [6, 6.07) is 25.2. The van der Waals surface area contributed by atoms with Gasteiger partial charge in [-0.25, -0.2) is 9.97 Å². The Morgan fingerprint density at radius 1 is 0.778 bits per heavy atom. The molecule has 0 amide bonds. The number of fused-ring (bicyclic) bond motifs is 3. The van der Waals surface area contributed by atoms with Crippen LogP contribution < -0.4 is 0 Å². The molecule has 1 aliphatic rings. The zero-order chi connectivity index (χ0) is 24.4. The van der Waals surface area contributed by atoms with Crippen LogP contribution in [0, 0.1) is 0 Å². The lowest BCUT2D eigenvalue weighted by atomic mass is 10.0. The first-order valence-electron chi connectivity index (χ1n) is 11.5. The highest BCUT2D eigenvalue weighted by atomic mass is 32.1. The fraction of sp³-hybridized carbons (Fsp3) is 0.0345. The molecule has 0 unspecified atom stereocenters. The lowest BCUT2D eigenvalue weighted by molar-refractivity contribution is 0.0990. The number of imidazole rings is 2. The first kappa shape index (κ1) is 20.7. The van der Waals surface area contributed by atoms with Gasteiger partial charge in [-0.3, -0.25) is 14.2 Å². The predicted molar refractivity (Wildman–Crippen MR) is 142 cm³/mol. The second-order valence-corrected chi connectivity index (χ2v) is 9.65. The molecule has 3 heterocycles. The van der Waals surface area contributed by atoms with Crippen molar-refractivity contribution in [2.24, 2.45) is 7.05 Å². The second-order valence-electron chi connectivity index (χ2n) is 8.73. The molecule has 0 radical (unpaired) electrons. The SMILES string of the molecule is Cn1c(-c2ccccc2)nc2c1nc(C=C1C(=O)c3cc4ccccc4cc3C1=O)n2-c1cccs1. The van der Waals surface area contributed by atoms with Gasteiger partial charge in [0.15, 0.2) is 22.9 Å². The molecule has 6 aromatic rings. The summed E-state index contributed by atoms with van der Waals surface area (Å²) in [4.78, 5) is 36.5. The number of benzene rings is 3. The van der Waals surface area contributed by atoms with E-state index in [0.717, 1.165) is 27.2 Å². The number of Topliss-reactive ketones (excluding diaryl/α,β-unsaturated/α-hetero) is 2. The minimum atomic E-state index is -0.275. The molecular weight excluding hydrogens is 468 g/mol. The van der Waals surface area contributed by atoms with E-state index in [1.807, 2.05) is 100 Å². The molecule has 0 fully saturated rings. The molecule has 1 aliphatic carbocycles. The van der Waals surface area contributed by atoms with Crippen LogP contribution in [0.2, 0.25) is 0 Å². The Labute approximate surface area is 209 Å². The van der Waals surface area contributed by atoms with Crippen molar-refractivity contribution >= 4 is 51.0 Å².